The maximum atomic E-state index is 11.7. The summed E-state index contributed by atoms with van der Waals surface area (Å²) in [6.45, 7) is 5.48. The van der Waals surface area contributed by atoms with Crippen LogP contribution in [0.4, 0.5) is 0 Å². The number of hydrogen-bond donors (Lipinski definition) is 3. The lowest BCUT2D eigenvalue weighted by Crippen LogP contribution is -2.87. The van der Waals surface area contributed by atoms with Crippen LogP contribution in [-0.4, -0.2) is 69.4 Å². The number of nitrogens with zero attached hydrogens (tertiary/aromatic N) is 2. The molecule has 0 saturated carbocycles. The molecule has 0 aromatic carbocycles. The average molecular weight is 393 g/mol. The van der Waals surface area contributed by atoms with Crippen molar-refractivity contribution in [3.63, 3.8) is 0 Å². The van der Waals surface area contributed by atoms with E-state index in [0.29, 0.717) is 39.0 Å². The van der Waals surface area contributed by atoms with Gasteiger partial charge in [-0.3, -0.25) is 33.5 Å². The Morgan fingerprint density at radius 2 is 1.27 bits per heavy atom. The summed E-state index contributed by atoms with van der Waals surface area (Å²) in [5.41, 5.74) is 0. The van der Waals surface area contributed by atoms with Gasteiger partial charge in [-0.25, -0.2) is 0 Å². The van der Waals surface area contributed by atoms with E-state index in [0.717, 1.165) is 0 Å². The molecule has 2 saturated heterocycles. The van der Waals surface area contributed by atoms with E-state index in [1.54, 1.807) is 13.8 Å². The Kier molecular flexibility index (Phi) is 8.04. The van der Waals surface area contributed by atoms with E-state index in [1.807, 2.05) is 5.32 Å². The summed E-state index contributed by atoms with van der Waals surface area (Å²) in [6, 6.07) is 0. The zero-order chi connectivity index (χ0) is 20.1. The Balaban J connectivity index is 0.000000597. The summed E-state index contributed by atoms with van der Waals surface area (Å²) in [4.78, 5) is 72.1. The lowest BCUT2D eigenvalue weighted by Gasteiger charge is -2.15. The third kappa shape index (κ3) is 6.93. The second-order valence-corrected chi connectivity index (χ2v) is 7.32. The number of likely N-dealkylation sites (tertiary alicyclic amines) is 2. The van der Waals surface area contributed by atoms with Gasteiger partial charge in [0.05, 0.1) is 26.2 Å². The number of carbonyl (C=O) groups is 4. The molecule has 2 aliphatic heterocycles. The van der Waals surface area contributed by atoms with Gasteiger partial charge in [-0.2, -0.15) is 0 Å². The van der Waals surface area contributed by atoms with Crippen molar-refractivity contribution < 1.29 is 43.7 Å². The molecule has 2 fully saturated rings. The van der Waals surface area contributed by atoms with Crippen LogP contribution in [0.15, 0.2) is 0 Å². The first-order chi connectivity index (χ1) is 11.9. The first-order valence-electron chi connectivity index (χ1n) is 8.18. The first-order valence-corrected chi connectivity index (χ1v) is 9.71. The Hall–Kier alpha value is -1.65. The van der Waals surface area contributed by atoms with Gasteiger partial charge in [-0.1, -0.05) is 13.8 Å². The predicted octanol–water partition coefficient (Wildman–Crippen LogP) is -3.22. The maximum absolute atomic E-state index is 11.7. The molecule has 2 rings (SSSR count). The number of carbonyl (C=O) groups excluding carboxylic acids is 4. The second kappa shape index (κ2) is 9.33. The fourth-order valence-electron chi connectivity index (χ4n) is 2.75. The van der Waals surface area contributed by atoms with Crippen LogP contribution >= 0.6 is 7.82 Å². The molecule has 2 heterocycles. The predicted molar refractivity (Wildman–Crippen MR) is 84.7 cm³/mol. The van der Waals surface area contributed by atoms with E-state index in [2.05, 4.69) is 0 Å². The number of imide groups is 2. The minimum absolute atomic E-state index is 0.105. The molecule has 0 aliphatic carbocycles. The zero-order valence-corrected chi connectivity index (χ0v) is 15.6. The minimum Gasteiger partial charge on any atom is -0.756 e. The molecule has 2 unspecified atom stereocenters. The highest BCUT2D eigenvalue weighted by atomic mass is 31.2. The minimum atomic E-state index is -4.89. The molecule has 2 aliphatic rings. The quantitative estimate of drug-likeness (QED) is 0.240. The summed E-state index contributed by atoms with van der Waals surface area (Å²) in [7, 11) is -4.89. The molecule has 0 aromatic rings. The fraction of sp³-hybridized carbons (Fsp3) is 0.714. The first kappa shape index (κ1) is 22.4. The van der Waals surface area contributed by atoms with Gasteiger partial charge in [-0.05, 0) is 0 Å². The van der Waals surface area contributed by atoms with Crippen molar-refractivity contribution in [3.05, 3.63) is 0 Å². The Bertz CT molecular complexity index is 569. The summed E-state index contributed by atoms with van der Waals surface area (Å²) in [5.74, 6) is -0.851. The Labute approximate surface area is 150 Å². The monoisotopic (exact) mass is 393 g/mol. The maximum Gasteiger partial charge on any atom is 0.262 e. The van der Waals surface area contributed by atoms with Crippen molar-refractivity contribution in [2.24, 2.45) is 11.8 Å². The van der Waals surface area contributed by atoms with E-state index >= 15 is 0 Å². The van der Waals surface area contributed by atoms with Crippen molar-refractivity contribution >= 4 is 31.5 Å². The van der Waals surface area contributed by atoms with Gasteiger partial charge in [0.15, 0.2) is 0 Å². The van der Waals surface area contributed by atoms with Gasteiger partial charge in [0.2, 0.25) is 23.6 Å². The molecule has 0 radical (unpaired) electrons. The van der Waals surface area contributed by atoms with Crippen LogP contribution in [0.1, 0.15) is 26.7 Å². The van der Waals surface area contributed by atoms with E-state index in [4.69, 9.17) is 19.2 Å². The highest BCUT2D eigenvalue weighted by Gasteiger charge is 2.36. The SMILES string of the molecule is CC1CC(=O)N(CC[NH2+]CCN2C(=O)CC(C)C2=O)C1=O.O=P([O-])(O)O. The summed E-state index contributed by atoms with van der Waals surface area (Å²) < 4.78 is 8.77. The van der Waals surface area contributed by atoms with Crippen molar-refractivity contribution in [3.8, 4) is 0 Å². The van der Waals surface area contributed by atoms with Crippen LogP contribution in [0.3, 0.4) is 0 Å². The molecule has 0 bridgehead atoms. The van der Waals surface area contributed by atoms with Crippen LogP contribution in [0.25, 0.3) is 0 Å². The number of quaternary nitrogens is 1. The topological polar surface area (TPSA) is 172 Å². The second-order valence-electron chi connectivity index (χ2n) is 6.33. The normalized spacial score (nSPS) is 23.6. The van der Waals surface area contributed by atoms with E-state index in [9.17, 15) is 19.2 Å². The molecule has 0 aromatic heterocycles. The van der Waals surface area contributed by atoms with Crippen LogP contribution in [0.5, 0.6) is 0 Å². The van der Waals surface area contributed by atoms with Crippen molar-refractivity contribution in [1.29, 1.82) is 0 Å². The van der Waals surface area contributed by atoms with Gasteiger partial charge >= 0.3 is 0 Å². The van der Waals surface area contributed by atoms with E-state index < -0.39 is 7.82 Å². The van der Waals surface area contributed by atoms with E-state index in [-0.39, 0.29) is 35.5 Å². The summed E-state index contributed by atoms with van der Waals surface area (Å²) in [5, 5.41) is 1.92. The average Bonchev–Trinajstić information content (AvgIpc) is 2.87. The third-order valence-electron chi connectivity index (χ3n) is 4.05. The molecule has 11 nitrogen and oxygen atoms in total. The van der Waals surface area contributed by atoms with Crippen LogP contribution in [0.2, 0.25) is 0 Å². The smallest absolute Gasteiger partial charge is 0.262 e. The molecule has 148 valence electrons. The Morgan fingerprint density at radius 3 is 1.50 bits per heavy atom. The van der Waals surface area contributed by atoms with E-state index in [1.165, 1.54) is 9.80 Å². The molecular weight excluding hydrogens is 369 g/mol. The number of phosphoric acid groups is 1. The Morgan fingerprint density at radius 1 is 0.962 bits per heavy atom. The van der Waals surface area contributed by atoms with Crippen molar-refractivity contribution in [2.75, 3.05) is 26.2 Å². The number of nitrogens with two attached hydrogens (primary N) is 1. The summed E-state index contributed by atoms with van der Waals surface area (Å²) >= 11 is 0. The van der Waals surface area contributed by atoms with Crippen LogP contribution in [-0.2, 0) is 23.7 Å². The number of rotatable bonds is 6. The molecule has 26 heavy (non-hydrogen) atoms. The van der Waals surface area contributed by atoms with Gasteiger partial charge in [-0.15, -0.1) is 0 Å². The third-order valence-corrected chi connectivity index (χ3v) is 4.05. The lowest BCUT2D eigenvalue weighted by atomic mass is 10.1. The highest BCUT2D eigenvalue weighted by Crippen LogP contribution is 2.19. The fourth-order valence-corrected chi connectivity index (χ4v) is 2.75. The standard InChI is InChI=1S/C14H21N3O4.H3O4P/c1-9-7-11(18)16(13(9)20)5-3-15-4-6-17-12(19)8-10(2)14(17)21;1-5(2,3)4/h9-10,15H,3-8H2,1-2H3;(H3,1,2,3,4). The van der Waals surface area contributed by atoms with Gasteiger partial charge in [0, 0.05) is 24.7 Å². The lowest BCUT2D eigenvalue weighted by molar-refractivity contribution is -0.653. The number of amides is 4. The molecular formula is C14H24N3O8P. The number of hydrogen-bond acceptors (Lipinski definition) is 6. The summed E-state index contributed by atoms with van der Waals surface area (Å²) in [6.07, 6.45) is 0.598. The zero-order valence-electron chi connectivity index (χ0n) is 14.7. The van der Waals surface area contributed by atoms with Crippen molar-refractivity contribution in [2.45, 2.75) is 26.7 Å². The molecule has 0 spiro atoms. The molecule has 2 atom stereocenters. The molecule has 4 amide bonds. The largest absolute Gasteiger partial charge is 0.756 e. The van der Waals surface area contributed by atoms with Crippen LogP contribution < -0.4 is 10.2 Å². The molecule has 4 N–H and O–H groups in total. The van der Waals surface area contributed by atoms with Gasteiger partial charge < -0.3 is 20.0 Å². The molecule has 12 heteroatoms. The van der Waals surface area contributed by atoms with Gasteiger partial charge in [0.25, 0.3) is 7.82 Å². The van der Waals surface area contributed by atoms with Crippen LogP contribution in [0, 0.1) is 11.8 Å². The highest BCUT2D eigenvalue weighted by molar-refractivity contribution is 7.43. The van der Waals surface area contributed by atoms with Gasteiger partial charge in [0.1, 0.15) is 0 Å². The van der Waals surface area contributed by atoms with Crippen molar-refractivity contribution in [1.82, 2.24) is 9.80 Å².